The average Bonchev–Trinajstić information content (AvgIpc) is 2.67. The van der Waals surface area contributed by atoms with Crippen molar-refractivity contribution in [1.82, 2.24) is 9.55 Å². The lowest BCUT2D eigenvalue weighted by Crippen LogP contribution is -2.29. The monoisotopic (exact) mass is 305 g/mol. The smallest absolute Gasteiger partial charge is 0.114 e. The van der Waals surface area contributed by atoms with E-state index in [4.69, 9.17) is 22.3 Å². The molecule has 1 fully saturated rings. The summed E-state index contributed by atoms with van der Waals surface area (Å²) in [5.41, 5.74) is 8.61. The molecular weight excluding hydrogens is 282 g/mol. The first-order chi connectivity index (χ1) is 10.1. The van der Waals surface area contributed by atoms with E-state index in [1.807, 2.05) is 18.2 Å². The minimum absolute atomic E-state index is 0.220. The summed E-state index contributed by atoms with van der Waals surface area (Å²) < 4.78 is 2.33. The van der Waals surface area contributed by atoms with Crippen LogP contribution in [0, 0.1) is 0 Å². The van der Waals surface area contributed by atoms with Crippen molar-refractivity contribution in [1.29, 1.82) is 0 Å². The summed E-state index contributed by atoms with van der Waals surface area (Å²) >= 11 is 6.18. The lowest BCUT2D eigenvalue weighted by atomic mass is 9.94. The molecule has 0 radical (unpaired) electrons. The molecule has 2 atom stereocenters. The van der Waals surface area contributed by atoms with E-state index in [1.165, 1.54) is 19.3 Å². The van der Waals surface area contributed by atoms with Gasteiger partial charge in [-0.05, 0) is 44.9 Å². The molecule has 3 nitrogen and oxygen atoms in total. The van der Waals surface area contributed by atoms with Crippen LogP contribution in [0.1, 0.15) is 63.7 Å². The van der Waals surface area contributed by atoms with Gasteiger partial charge in [0.15, 0.2) is 0 Å². The molecular formula is C17H24ClN3. The summed E-state index contributed by atoms with van der Waals surface area (Å²) in [6.45, 7) is 4.40. The van der Waals surface area contributed by atoms with Crippen molar-refractivity contribution in [2.75, 3.05) is 0 Å². The van der Waals surface area contributed by atoms with E-state index in [-0.39, 0.29) is 6.04 Å². The highest BCUT2D eigenvalue weighted by Crippen LogP contribution is 2.34. The van der Waals surface area contributed by atoms with Crippen LogP contribution in [0.4, 0.5) is 0 Å². The highest BCUT2D eigenvalue weighted by atomic mass is 35.5. The summed E-state index contributed by atoms with van der Waals surface area (Å²) in [4.78, 5) is 4.92. The van der Waals surface area contributed by atoms with Gasteiger partial charge in [0.2, 0.25) is 0 Å². The van der Waals surface area contributed by atoms with Crippen molar-refractivity contribution < 1.29 is 0 Å². The van der Waals surface area contributed by atoms with E-state index < -0.39 is 0 Å². The van der Waals surface area contributed by atoms with Gasteiger partial charge < -0.3 is 10.3 Å². The van der Waals surface area contributed by atoms with Crippen molar-refractivity contribution in [3.05, 3.63) is 29.0 Å². The van der Waals surface area contributed by atoms with Gasteiger partial charge in [0.05, 0.1) is 11.0 Å². The van der Waals surface area contributed by atoms with E-state index in [0.29, 0.717) is 12.0 Å². The topological polar surface area (TPSA) is 43.8 Å². The maximum atomic E-state index is 6.45. The van der Waals surface area contributed by atoms with Gasteiger partial charge >= 0.3 is 0 Å². The van der Waals surface area contributed by atoms with Gasteiger partial charge in [0, 0.05) is 23.0 Å². The summed E-state index contributed by atoms with van der Waals surface area (Å²) in [7, 11) is 0. The predicted octanol–water partition coefficient (Wildman–Crippen LogP) is 4.65. The normalized spacial score (nSPS) is 23.7. The average molecular weight is 306 g/mol. The van der Waals surface area contributed by atoms with Gasteiger partial charge in [0.25, 0.3) is 0 Å². The van der Waals surface area contributed by atoms with Crippen LogP contribution in [-0.2, 0) is 0 Å². The first kappa shape index (κ1) is 14.9. The molecule has 3 rings (SSSR count). The number of imidazole rings is 1. The minimum atomic E-state index is 0.220. The van der Waals surface area contributed by atoms with Crippen LogP contribution >= 0.6 is 11.6 Å². The Morgan fingerprint density at radius 2 is 2.00 bits per heavy atom. The van der Waals surface area contributed by atoms with Crippen molar-refractivity contribution in [3.63, 3.8) is 0 Å². The maximum absolute atomic E-state index is 6.45. The molecule has 1 aromatic carbocycles. The largest absolute Gasteiger partial charge is 0.327 e. The van der Waals surface area contributed by atoms with Crippen molar-refractivity contribution >= 4 is 22.6 Å². The number of nitrogens with zero attached hydrogens (tertiary/aromatic N) is 2. The zero-order valence-electron chi connectivity index (χ0n) is 12.8. The molecule has 0 saturated heterocycles. The highest BCUT2D eigenvalue weighted by molar-refractivity contribution is 6.31. The number of aromatic nitrogens is 2. The van der Waals surface area contributed by atoms with Crippen LogP contribution in [0.5, 0.6) is 0 Å². The lowest BCUT2D eigenvalue weighted by Gasteiger charge is -2.24. The van der Waals surface area contributed by atoms with Crippen LogP contribution in [0.3, 0.4) is 0 Å². The molecule has 2 unspecified atom stereocenters. The zero-order chi connectivity index (χ0) is 15.0. The van der Waals surface area contributed by atoms with E-state index in [0.717, 1.165) is 34.7 Å². The van der Waals surface area contributed by atoms with E-state index >= 15 is 0 Å². The molecule has 1 heterocycles. The molecule has 1 aromatic heterocycles. The molecule has 1 saturated carbocycles. The molecule has 0 bridgehead atoms. The standard InChI is InChI=1S/C17H24ClN3/c1-11(2)21-16-10-12(18)8-9-15(16)20-17(21)13-6-4-3-5-7-14(13)19/h8-11,13-14H,3-7,19H2,1-2H3. The van der Waals surface area contributed by atoms with Gasteiger partial charge in [0.1, 0.15) is 5.82 Å². The molecule has 114 valence electrons. The lowest BCUT2D eigenvalue weighted by molar-refractivity contribution is 0.450. The zero-order valence-corrected chi connectivity index (χ0v) is 13.6. The van der Waals surface area contributed by atoms with Gasteiger partial charge in [-0.15, -0.1) is 0 Å². The Hall–Kier alpha value is -1.06. The molecule has 1 aliphatic rings. The Kier molecular flexibility index (Phi) is 4.23. The van der Waals surface area contributed by atoms with E-state index in [9.17, 15) is 0 Å². The van der Waals surface area contributed by atoms with Gasteiger partial charge in [-0.25, -0.2) is 4.98 Å². The molecule has 1 aliphatic carbocycles. The number of nitrogens with two attached hydrogens (primary N) is 1. The third-order valence-electron chi connectivity index (χ3n) is 4.60. The Bertz CT molecular complexity index is 632. The highest BCUT2D eigenvalue weighted by Gasteiger charge is 2.28. The van der Waals surface area contributed by atoms with Crippen molar-refractivity contribution in [2.45, 2.75) is 64.0 Å². The first-order valence-electron chi connectivity index (χ1n) is 8.01. The first-order valence-corrected chi connectivity index (χ1v) is 8.38. The SMILES string of the molecule is CC(C)n1c(C2CCCCCC2N)nc2ccc(Cl)cc21. The van der Waals surface area contributed by atoms with Gasteiger partial charge in [-0.3, -0.25) is 0 Å². The molecule has 21 heavy (non-hydrogen) atoms. The van der Waals surface area contributed by atoms with Crippen LogP contribution in [0.2, 0.25) is 5.02 Å². The Labute approximate surface area is 131 Å². The fourth-order valence-electron chi connectivity index (χ4n) is 3.55. The fraction of sp³-hybridized carbons (Fsp3) is 0.588. The summed E-state index contributed by atoms with van der Waals surface area (Å²) in [5, 5.41) is 0.765. The Morgan fingerprint density at radius 3 is 2.76 bits per heavy atom. The van der Waals surface area contributed by atoms with Crippen LogP contribution in [-0.4, -0.2) is 15.6 Å². The summed E-state index contributed by atoms with van der Waals surface area (Å²) in [5.74, 6) is 1.51. The fourth-order valence-corrected chi connectivity index (χ4v) is 3.71. The van der Waals surface area contributed by atoms with Crippen LogP contribution in [0.25, 0.3) is 11.0 Å². The molecule has 0 spiro atoms. The summed E-state index contributed by atoms with van der Waals surface area (Å²) in [6.07, 6.45) is 6.03. The van der Waals surface area contributed by atoms with E-state index in [1.54, 1.807) is 0 Å². The second kappa shape index (κ2) is 5.98. The molecule has 2 aromatic rings. The van der Waals surface area contributed by atoms with Crippen molar-refractivity contribution in [3.8, 4) is 0 Å². The molecule has 0 aliphatic heterocycles. The number of halogens is 1. The van der Waals surface area contributed by atoms with E-state index in [2.05, 4.69) is 18.4 Å². The number of fused-ring (bicyclic) bond motifs is 1. The number of benzene rings is 1. The molecule has 0 amide bonds. The van der Waals surface area contributed by atoms with Gasteiger partial charge in [-0.2, -0.15) is 0 Å². The predicted molar refractivity (Wildman–Crippen MR) is 88.9 cm³/mol. The third kappa shape index (κ3) is 2.82. The van der Waals surface area contributed by atoms with Crippen LogP contribution in [0.15, 0.2) is 18.2 Å². The Balaban J connectivity index is 2.14. The number of rotatable bonds is 2. The van der Waals surface area contributed by atoms with Crippen LogP contribution < -0.4 is 5.73 Å². The minimum Gasteiger partial charge on any atom is -0.327 e. The molecule has 2 N–H and O–H groups in total. The number of hydrogen-bond acceptors (Lipinski definition) is 2. The summed E-state index contributed by atoms with van der Waals surface area (Å²) in [6, 6.07) is 6.53. The Morgan fingerprint density at radius 1 is 1.24 bits per heavy atom. The third-order valence-corrected chi connectivity index (χ3v) is 4.83. The molecule has 4 heteroatoms. The second-order valence-corrected chi connectivity index (χ2v) is 6.91. The maximum Gasteiger partial charge on any atom is 0.114 e. The quantitative estimate of drug-likeness (QED) is 0.821. The van der Waals surface area contributed by atoms with Gasteiger partial charge in [-0.1, -0.05) is 30.9 Å². The number of hydrogen-bond donors (Lipinski definition) is 1. The second-order valence-electron chi connectivity index (χ2n) is 6.48. The van der Waals surface area contributed by atoms with Crippen molar-refractivity contribution in [2.24, 2.45) is 5.73 Å².